The van der Waals surface area contributed by atoms with E-state index in [2.05, 4.69) is 5.32 Å². The summed E-state index contributed by atoms with van der Waals surface area (Å²) in [7, 11) is 1.44. The molecule has 3 heteroatoms. The molecule has 0 saturated heterocycles. The van der Waals surface area contributed by atoms with Crippen molar-refractivity contribution in [3.8, 4) is 0 Å². The van der Waals surface area contributed by atoms with Crippen LogP contribution in [0.3, 0.4) is 0 Å². The topological polar surface area (TPSA) is 38.3 Å². The van der Waals surface area contributed by atoms with E-state index in [4.69, 9.17) is 4.74 Å². The van der Waals surface area contributed by atoms with Gasteiger partial charge in [-0.25, -0.2) is 0 Å². The average molecular weight is 191 g/mol. The molecule has 0 saturated carbocycles. The summed E-state index contributed by atoms with van der Waals surface area (Å²) in [6.45, 7) is 0.830. The molecule has 1 aliphatic rings. The lowest BCUT2D eigenvalue weighted by Crippen LogP contribution is -2.23. The molecule has 1 aromatic rings. The first-order chi connectivity index (χ1) is 6.83. The molecule has 0 fully saturated rings. The van der Waals surface area contributed by atoms with Crippen molar-refractivity contribution in [3.05, 3.63) is 29.8 Å². The minimum atomic E-state index is -0.140. The van der Waals surface area contributed by atoms with Gasteiger partial charge in [-0.3, -0.25) is 4.79 Å². The fourth-order valence-corrected chi connectivity index (χ4v) is 1.86. The molecule has 0 aromatic heterocycles. The van der Waals surface area contributed by atoms with E-state index in [1.54, 1.807) is 0 Å². The van der Waals surface area contributed by atoms with Crippen LogP contribution in [-0.2, 0) is 9.53 Å². The lowest BCUT2D eigenvalue weighted by Gasteiger charge is -2.24. The Morgan fingerprint density at radius 1 is 1.50 bits per heavy atom. The predicted octanol–water partition coefficient (Wildman–Crippen LogP) is 1.76. The van der Waals surface area contributed by atoms with Gasteiger partial charge in [-0.1, -0.05) is 18.2 Å². The highest BCUT2D eigenvalue weighted by molar-refractivity contribution is 5.81. The van der Waals surface area contributed by atoms with E-state index in [1.807, 2.05) is 24.3 Å². The summed E-state index contributed by atoms with van der Waals surface area (Å²) in [5, 5.41) is 3.26. The Labute approximate surface area is 83.1 Å². The number of esters is 1. The van der Waals surface area contributed by atoms with Crippen molar-refractivity contribution in [2.75, 3.05) is 19.0 Å². The van der Waals surface area contributed by atoms with E-state index < -0.39 is 0 Å². The molecule has 1 aromatic carbocycles. The monoisotopic (exact) mass is 191 g/mol. The molecule has 74 valence electrons. The highest BCUT2D eigenvalue weighted by atomic mass is 16.5. The number of hydrogen-bond acceptors (Lipinski definition) is 3. The first-order valence-electron chi connectivity index (χ1n) is 4.73. The van der Waals surface area contributed by atoms with Gasteiger partial charge in [-0.2, -0.15) is 0 Å². The molecule has 2 rings (SSSR count). The van der Waals surface area contributed by atoms with Crippen LogP contribution >= 0.6 is 0 Å². The maximum Gasteiger partial charge on any atom is 0.313 e. The van der Waals surface area contributed by atoms with E-state index in [0.717, 1.165) is 24.2 Å². The van der Waals surface area contributed by atoms with Gasteiger partial charge in [0.1, 0.15) is 0 Å². The van der Waals surface area contributed by atoms with Gasteiger partial charge >= 0.3 is 5.97 Å². The molecule has 1 atom stereocenters. The van der Waals surface area contributed by atoms with E-state index in [0.29, 0.717) is 0 Å². The maximum absolute atomic E-state index is 11.5. The normalized spacial score (nSPS) is 19.4. The number of para-hydroxylation sites is 1. The second-order valence-corrected chi connectivity index (χ2v) is 3.38. The smallest absolute Gasteiger partial charge is 0.313 e. The average Bonchev–Trinajstić information content (AvgIpc) is 2.27. The zero-order chi connectivity index (χ0) is 9.97. The molecule has 1 heterocycles. The second-order valence-electron chi connectivity index (χ2n) is 3.38. The standard InChI is InChI=1S/C11H13NO2/c1-14-11(13)9-6-7-12-10-5-3-2-4-8(9)10/h2-5,9,12H,6-7H2,1H3/t9-/m0/s1. The largest absolute Gasteiger partial charge is 0.469 e. The third-order valence-corrected chi connectivity index (χ3v) is 2.57. The van der Waals surface area contributed by atoms with Crippen LogP contribution in [0, 0.1) is 0 Å². The lowest BCUT2D eigenvalue weighted by molar-refractivity contribution is -0.142. The van der Waals surface area contributed by atoms with Crippen LogP contribution in [0.1, 0.15) is 17.9 Å². The van der Waals surface area contributed by atoms with E-state index >= 15 is 0 Å². The van der Waals surface area contributed by atoms with Gasteiger partial charge in [-0.15, -0.1) is 0 Å². The van der Waals surface area contributed by atoms with Gasteiger partial charge in [0.25, 0.3) is 0 Å². The van der Waals surface area contributed by atoms with E-state index in [1.165, 1.54) is 7.11 Å². The van der Waals surface area contributed by atoms with Crippen molar-refractivity contribution < 1.29 is 9.53 Å². The van der Waals surface area contributed by atoms with E-state index in [-0.39, 0.29) is 11.9 Å². The van der Waals surface area contributed by atoms with Crippen LogP contribution in [0.25, 0.3) is 0 Å². The highest BCUT2D eigenvalue weighted by Gasteiger charge is 2.26. The predicted molar refractivity (Wildman–Crippen MR) is 54.3 cm³/mol. The molecular formula is C11H13NO2. The fraction of sp³-hybridized carbons (Fsp3) is 0.364. The molecular weight excluding hydrogens is 178 g/mol. The van der Waals surface area contributed by atoms with Crippen molar-refractivity contribution in [2.24, 2.45) is 0 Å². The van der Waals surface area contributed by atoms with Crippen LogP contribution in [0.15, 0.2) is 24.3 Å². The Kier molecular flexibility index (Phi) is 2.39. The van der Waals surface area contributed by atoms with Gasteiger partial charge in [-0.05, 0) is 18.1 Å². The molecule has 14 heavy (non-hydrogen) atoms. The summed E-state index contributed by atoms with van der Waals surface area (Å²) in [5.41, 5.74) is 2.10. The van der Waals surface area contributed by atoms with Gasteiger partial charge in [0, 0.05) is 12.2 Å². The van der Waals surface area contributed by atoms with Crippen molar-refractivity contribution >= 4 is 11.7 Å². The lowest BCUT2D eigenvalue weighted by atomic mass is 9.91. The third kappa shape index (κ3) is 1.45. The van der Waals surface area contributed by atoms with Crippen molar-refractivity contribution in [3.63, 3.8) is 0 Å². The van der Waals surface area contributed by atoms with Crippen molar-refractivity contribution in [1.29, 1.82) is 0 Å². The highest BCUT2D eigenvalue weighted by Crippen LogP contribution is 2.31. The van der Waals surface area contributed by atoms with Crippen LogP contribution in [0.2, 0.25) is 0 Å². The first-order valence-corrected chi connectivity index (χ1v) is 4.73. The molecule has 0 amide bonds. The number of benzene rings is 1. The van der Waals surface area contributed by atoms with Gasteiger partial charge < -0.3 is 10.1 Å². The minimum Gasteiger partial charge on any atom is -0.469 e. The Bertz CT molecular complexity index is 349. The van der Waals surface area contributed by atoms with Crippen LogP contribution in [0.4, 0.5) is 5.69 Å². The number of nitrogens with one attached hydrogen (secondary N) is 1. The number of carbonyl (C=O) groups is 1. The van der Waals surface area contributed by atoms with Crippen LogP contribution in [0.5, 0.6) is 0 Å². The summed E-state index contributed by atoms with van der Waals surface area (Å²) in [6.07, 6.45) is 0.809. The summed E-state index contributed by atoms with van der Waals surface area (Å²) < 4.78 is 4.78. The summed E-state index contributed by atoms with van der Waals surface area (Å²) in [5.74, 6) is -0.239. The van der Waals surface area contributed by atoms with Crippen molar-refractivity contribution in [1.82, 2.24) is 0 Å². The number of ether oxygens (including phenoxy) is 1. The molecule has 0 spiro atoms. The minimum absolute atomic E-state index is 0.0996. The molecule has 1 aliphatic heterocycles. The zero-order valence-corrected chi connectivity index (χ0v) is 8.12. The van der Waals surface area contributed by atoms with Crippen molar-refractivity contribution in [2.45, 2.75) is 12.3 Å². The molecule has 3 nitrogen and oxygen atoms in total. The quantitative estimate of drug-likeness (QED) is 0.687. The SMILES string of the molecule is COC(=O)[C@H]1CCNc2ccccc21. The van der Waals surface area contributed by atoms with Gasteiger partial charge in [0.2, 0.25) is 0 Å². The summed E-state index contributed by atoms with van der Waals surface area (Å²) in [4.78, 5) is 11.5. The maximum atomic E-state index is 11.5. The Balaban J connectivity index is 2.35. The zero-order valence-electron chi connectivity index (χ0n) is 8.12. The molecule has 0 bridgehead atoms. The summed E-state index contributed by atoms with van der Waals surface area (Å²) in [6, 6.07) is 7.88. The molecule has 1 N–H and O–H groups in total. The molecule has 0 aliphatic carbocycles. The molecule has 0 unspecified atom stereocenters. The second kappa shape index (κ2) is 3.70. The Morgan fingerprint density at radius 2 is 2.29 bits per heavy atom. The fourth-order valence-electron chi connectivity index (χ4n) is 1.86. The van der Waals surface area contributed by atoms with Crippen LogP contribution < -0.4 is 5.32 Å². The first kappa shape index (κ1) is 9.06. The molecule has 0 radical (unpaired) electrons. The number of fused-ring (bicyclic) bond motifs is 1. The number of rotatable bonds is 1. The van der Waals surface area contributed by atoms with Gasteiger partial charge in [0.15, 0.2) is 0 Å². The Morgan fingerprint density at radius 3 is 3.07 bits per heavy atom. The number of anilines is 1. The summed E-state index contributed by atoms with van der Waals surface area (Å²) >= 11 is 0. The Hall–Kier alpha value is -1.51. The van der Waals surface area contributed by atoms with E-state index in [9.17, 15) is 4.79 Å². The van der Waals surface area contributed by atoms with Gasteiger partial charge in [0.05, 0.1) is 13.0 Å². The number of carbonyl (C=O) groups excluding carboxylic acids is 1. The number of methoxy groups -OCH3 is 1. The number of hydrogen-bond donors (Lipinski definition) is 1. The third-order valence-electron chi connectivity index (χ3n) is 2.57. The van der Waals surface area contributed by atoms with Crippen LogP contribution in [-0.4, -0.2) is 19.6 Å².